The summed E-state index contributed by atoms with van der Waals surface area (Å²) in [5.41, 5.74) is 9.64. The van der Waals surface area contributed by atoms with Gasteiger partial charge in [-0.25, -0.2) is 0 Å². The molecule has 0 saturated heterocycles. The molecule has 2 aromatic rings. The van der Waals surface area contributed by atoms with Crippen LogP contribution in [0.25, 0.3) is 0 Å². The van der Waals surface area contributed by atoms with Gasteiger partial charge in [0.25, 0.3) is 0 Å². The predicted molar refractivity (Wildman–Crippen MR) is 82.7 cm³/mol. The van der Waals surface area contributed by atoms with E-state index < -0.39 is 7.12 Å². The molecule has 2 aromatic carbocycles. The van der Waals surface area contributed by atoms with Gasteiger partial charge in [-0.2, -0.15) is 0 Å². The van der Waals surface area contributed by atoms with Crippen molar-refractivity contribution in [3.63, 3.8) is 0 Å². The molecule has 3 rings (SSSR count). The average molecular weight is 283 g/mol. The molecule has 1 aliphatic rings. The van der Waals surface area contributed by atoms with Gasteiger partial charge >= 0.3 is 7.12 Å². The third-order valence-corrected chi connectivity index (χ3v) is 3.83. The molecule has 1 aliphatic heterocycles. The second kappa shape index (κ2) is 5.52. The minimum atomic E-state index is -0.857. The maximum absolute atomic E-state index is 9.86. The molecule has 0 spiro atoms. The lowest BCUT2D eigenvalue weighted by atomic mass is 9.76. The first-order valence-electron chi connectivity index (χ1n) is 7.01. The largest absolute Gasteiger partial charge is 0.492 e. The summed E-state index contributed by atoms with van der Waals surface area (Å²) in [7, 11) is -0.857. The van der Waals surface area contributed by atoms with E-state index in [1.165, 1.54) is 0 Å². The van der Waals surface area contributed by atoms with Crippen LogP contribution in [0.5, 0.6) is 11.5 Å². The number of fused-ring (bicyclic) bond motifs is 1. The van der Waals surface area contributed by atoms with Crippen molar-refractivity contribution in [2.24, 2.45) is 5.73 Å². The van der Waals surface area contributed by atoms with Crippen molar-refractivity contribution < 1.29 is 14.4 Å². The SMILES string of the molecule is Cc1c(Oc2ccc([C@@H](C)N)cc2)ccc2c1B(O)OC2. The van der Waals surface area contributed by atoms with Crippen LogP contribution in [-0.4, -0.2) is 12.1 Å². The second-order valence-electron chi connectivity index (χ2n) is 5.38. The number of ether oxygens (including phenoxy) is 1. The van der Waals surface area contributed by atoms with E-state index in [-0.39, 0.29) is 6.04 Å². The lowest BCUT2D eigenvalue weighted by Gasteiger charge is -2.13. The van der Waals surface area contributed by atoms with Gasteiger partial charge in [0.15, 0.2) is 0 Å². The Labute approximate surface area is 124 Å². The van der Waals surface area contributed by atoms with Crippen molar-refractivity contribution in [2.75, 3.05) is 0 Å². The monoisotopic (exact) mass is 283 g/mol. The molecule has 21 heavy (non-hydrogen) atoms. The zero-order valence-corrected chi connectivity index (χ0v) is 12.2. The Morgan fingerprint density at radius 2 is 1.95 bits per heavy atom. The molecule has 0 unspecified atom stereocenters. The summed E-state index contributed by atoms with van der Waals surface area (Å²) in [6.07, 6.45) is 0. The Morgan fingerprint density at radius 3 is 2.62 bits per heavy atom. The summed E-state index contributed by atoms with van der Waals surface area (Å²) in [5, 5.41) is 9.86. The summed E-state index contributed by atoms with van der Waals surface area (Å²) in [6.45, 7) is 4.32. The van der Waals surface area contributed by atoms with E-state index in [4.69, 9.17) is 15.1 Å². The van der Waals surface area contributed by atoms with Crippen molar-refractivity contribution in [2.45, 2.75) is 26.5 Å². The molecule has 0 amide bonds. The fourth-order valence-corrected chi connectivity index (χ4v) is 2.56. The van der Waals surface area contributed by atoms with Crippen molar-refractivity contribution in [1.82, 2.24) is 0 Å². The zero-order chi connectivity index (χ0) is 15.0. The molecule has 0 fully saturated rings. The Kier molecular flexibility index (Phi) is 3.72. The van der Waals surface area contributed by atoms with Crippen LogP contribution in [-0.2, 0) is 11.3 Å². The number of hydrogen-bond donors (Lipinski definition) is 2. The van der Waals surface area contributed by atoms with Crippen LogP contribution in [0.2, 0.25) is 0 Å². The van der Waals surface area contributed by atoms with Crippen LogP contribution in [0.15, 0.2) is 36.4 Å². The standard InChI is InChI=1S/C16H18BNO3/c1-10-15(8-5-13-9-20-17(19)16(10)13)21-14-6-3-12(4-7-14)11(2)18/h3-8,11,19H,9,18H2,1-2H3/t11-/m1/s1. The molecule has 0 aliphatic carbocycles. The molecule has 4 nitrogen and oxygen atoms in total. The molecule has 0 aromatic heterocycles. The Balaban J connectivity index is 1.87. The highest BCUT2D eigenvalue weighted by atomic mass is 16.5. The fraction of sp³-hybridized carbons (Fsp3) is 0.250. The summed E-state index contributed by atoms with van der Waals surface area (Å²) in [5.74, 6) is 1.47. The molecule has 1 heterocycles. The molecule has 3 N–H and O–H groups in total. The van der Waals surface area contributed by atoms with Gasteiger partial charge in [-0.05, 0) is 54.2 Å². The maximum atomic E-state index is 9.86. The molecule has 0 saturated carbocycles. The Morgan fingerprint density at radius 1 is 1.24 bits per heavy atom. The number of benzene rings is 2. The average Bonchev–Trinajstić information content (AvgIpc) is 2.85. The van der Waals surface area contributed by atoms with Gasteiger partial charge in [0.1, 0.15) is 11.5 Å². The quantitative estimate of drug-likeness (QED) is 0.846. The van der Waals surface area contributed by atoms with Crippen LogP contribution >= 0.6 is 0 Å². The van der Waals surface area contributed by atoms with Gasteiger partial charge in [-0.3, -0.25) is 0 Å². The number of hydrogen-bond acceptors (Lipinski definition) is 4. The lowest BCUT2D eigenvalue weighted by molar-refractivity contribution is 0.275. The fourth-order valence-electron chi connectivity index (χ4n) is 2.56. The Bertz CT molecular complexity index is 655. The summed E-state index contributed by atoms with van der Waals surface area (Å²) >= 11 is 0. The van der Waals surface area contributed by atoms with E-state index in [0.717, 1.165) is 33.7 Å². The van der Waals surface area contributed by atoms with E-state index >= 15 is 0 Å². The molecule has 108 valence electrons. The molecular formula is C16H18BNO3. The Hall–Kier alpha value is -1.82. The molecule has 1 atom stereocenters. The van der Waals surface area contributed by atoms with Crippen molar-refractivity contribution in [3.8, 4) is 11.5 Å². The van der Waals surface area contributed by atoms with Crippen LogP contribution in [0.4, 0.5) is 0 Å². The first-order valence-corrected chi connectivity index (χ1v) is 7.01. The van der Waals surface area contributed by atoms with Crippen LogP contribution in [0, 0.1) is 6.92 Å². The van der Waals surface area contributed by atoms with Crippen molar-refractivity contribution in [3.05, 3.63) is 53.1 Å². The van der Waals surface area contributed by atoms with Gasteiger partial charge in [-0.1, -0.05) is 18.2 Å². The highest BCUT2D eigenvalue weighted by molar-refractivity contribution is 6.62. The lowest BCUT2D eigenvalue weighted by Crippen LogP contribution is -2.30. The van der Waals surface area contributed by atoms with Gasteiger partial charge < -0.3 is 20.1 Å². The first-order chi connectivity index (χ1) is 10.1. The van der Waals surface area contributed by atoms with Crippen LogP contribution < -0.4 is 15.9 Å². The van der Waals surface area contributed by atoms with Crippen molar-refractivity contribution >= 4 is 12.6 Å². The topological polar surface area (TPSA) is 64.7 Å². The molecule has 5 heteroatoms. The van der Waals surface area contributed by atoms with E-state index in [9.17, 15) is 5.02 Å². The number of nitrogens with two attached hydrogens (primary N) is 1. The third-order valence-electron chi connectivity index (χ3n) is 3.83. The van der Waals surface area contributed by atoms with E-state index in [1.54, 1.807) is 0 Å². The first kappa shape index (κ1) is 14.1. The number of rotatable bonds is 3. The summed E-state index contributed by atoms with van der Waals surface area (Å²) in [6, 6.07) is 11.6. The predicted octanol–water partition coefficient (Wildman–Crippen LogP) is 2.02. The van der Waals surface area contributed by atoms with E-state index in [1.807, 2.05) is 50.2 Å². The van der Waals surface area contributed by atoms with Crippen molar-refractivity contribution in [1.29, 1.82) is 0 Å². The maximum Gasteiger partial charge on any atom is 0.492 e. The smallest absolute Gasteiger partial charge is 0.457 e. The second-order valence-corrected chi connectivity index (χ2v) is 5.38. The van der Waals surface area contributed by atoms with Gasteiger partial charge in [0.2, 0.25) is 0 Å². The third kappa shape index (κ3) is 2.68. The minimum absolute atomic E-state index is 0.00748. The molecular weight excluding hydrogens is 265 g/mol. The van der Waals surface area contributed by atoms with Gasteiger partial charge in [-0.15, -0.1) is 0 Å². The van der Waals surface area contributed by atoms with E-state index in [0.29, 0.717) is 6.61 Å². The van der Waals surface area contributed by atoms with Crippen LogP contribution in [0.3, 0.4) is 0 Å². The van der Waals surface area contributed by atoms with Gasteiger partial charge in [0, 0.05) is 6.04 Å². The molecule has 0 radical (unpaired) electrons. The zero-order valence-electron chi connectivity index (χ0n) is 12.2. The molecule has 0 bridgehead atoms. The normalized spacial score (nSPS) is 15.0. The highest BCUT2D eigenvalue weighted by Gasteiger charge is 2.30. The van der Waals surface area contributed by atoms with Crippen LogP contribution in [0.1, 0.15) is 29.7 Å². The highest BCUT2D eigenvalue weighted by Crippen LogP contribution is 2.27. The van der Waals surface area contributed by atoms with Gasteiger partial charge in [0.05, 0.1) is 6.61 Å². The summed E-state index contributed by atoms with van der Waals surface area (Å²) < 4.78 is 11.1. The summed E-state index contributed by atoms with van der Waals surface area (Å²) in [4.78, 5) is 0. The minimum Gasteiger partial charge on any atom is -0.457 e. The van der Waals surface area contributed by atoms with E-state index in [2.05, 4.69) is 0 Å².